The van der Waals surface area contributed by atoms with Crippen molar-refractivity contribution in [3.63, 3.8) is 0 Å². The van der Waals surface area contributed by atoms with Crippen LogP contribution in [0, 0.1) is 0 Å². The monoisotopic (exact) mass is 299 g/mol. The van der Waals surface area contributed by atoms with Gasteiger partial charge in [-0.3, -0.25) is 4.31 Å². The molecule has 0 amide bonds. The van der Waals surface area contributed by atoms with Gasteiger partial charge < -0.3 is 10.5 Å². The number of hydrogen-bond donors (Lipinski definition) is 1. The first-order valence-electron chi connectivity index (χ1n) is 6.77. The molecule has 1 aromatic rings. The Morgan fingerprint density at radius 1 is 1.25 bits per heavy atom. The topological polar surface area (TPSA) is 75.9 Å². The lowest BCUT2D eigenvalue weighted by molar-refractivity contribution is 0.0729. The summed E-state index contributed by atoms with van der Waals surface area (Å²) < 4.78 is 33.6. The normalized spacial score (nSPS) is 17.1. The second-order valence-corrected chi connectivity index (χ2v) is 6.54. The lowest BCUT2D eigenvalue weighted by atomic mass is 10.3. The van der Waals surface area contributed by atoms with Crippen LogP contribution in [0.15, 0.2) is 24.3 Å². The van der Waals surface area contributed by atoms with Gasteiger partial charge in [-0.1, -0.05) is 6.92 Å². The molecular weight excluding hydrogens is 278 g/mol. The summed E-state index contributed by atoms with van der Waals surface area (Å²) in [6.45, 7) is 4.10. The number of anilines is 2. The van der Waals surface area contributed by atoms with Gasteiger partial charge in [-0.15, -0.1) is 0 Å². The van der Waals surface area contributed by atoms with Crippen molar-refractivity contribution in [3.05, 3.63) is 24.3 Å². The van der Waals surface area contributed by atoms with E-state index in [2.05, 4.69) is 0 Å². The number of nitrogens with two attached hydrogens (primary N) is 1. The molecule has 1 saturated heterocycles. The zero-order chi connectivity index (χ0) is 14.6. The van der Waals surface area contributed by atoms with Crippen LogP contribution in [-0.2, 0) is 14.9 Å². The summed E-state index contributed by atoms with van der Waals surface area (Å²) in [5.41, 5.74) is 6.92. The number of nitrogens with zero attached hydrogens (tertiary/aromatic N) is 2. The van der Waals surface area contributed by atoms with E-state index in [1.54, 1.807) is 24.3 Å². The zero-order valence-corrected chi connectivity index (χ0v) is 12.5. The summed E-state index contributed by atoms with van der Waals surface area (Å²) in [6.07, 6.45) is 0.744. The zero-order valence-electron chi connectivity index (χ0n) is 11.7. The number of hydrogen-bond acceptors (Lipinski definition) is 4. The fourth-order valence-corrected chi connectivity index (χ4v) is 3.83. The smallest absolute Gasteiger partial charge is 0.304 e. The van der Waals surface area contributed by atoms with E-state index in [1.807, 2.05) is 6.92 Å². The third kappa shape index (κ3) is 3.23. The number of benzene rings is 1. The summed E-state index contributed by atoms with van der Waals surface area (Å²) in [4.78, 5) is 0. The van der Waals surface area contributed by atoms with E-state index < -0.39 is 10.2 Å². The third-order valence-corrected chi connectivity index (χ3v) is 5.15. The maximum absolute atomic E-state index is 12.7. The van der Waals surface area contributed by atoms with E-state index in [9.17, 15) is 8.42 Å². The number of nitrogen functional groups attached to an aromatic ring is 1. The predicted octanol–water partition coefficient (Wildman–Crippen LogP) is 1.06. The Hall–Kier alpha value is -1.31. The molecule has 0 bridgehead atoms. The minimum Gasteiger partial charge on any atom is -0.399 e. The van der Waals surface area contributed by atoms with Gasteiger partial charge in [-0.2, -0.15) is 12.7 Å². The van der Waals surface area contributed by atoms with E-state index >= 15 is 0 Å². The van der Waals surface area contributed by atoms with Crippen molar-refractivity contribution in [1.82, 2.24) is 4.31 Å². The average molecular weight is 299 g/mol. The van der Waals surface area contributed by atoms with E-state index in [1.165, 1.54) is 8.61 Å². The van der Waals surface area contributed by atoms with Crippen LogP contribution < -0.4 is 10.0 Å². The predicted molar refractivity (Wildman–Crippen MR) is 79.8 cm³/mol. The van der Waals surface area contributed by atoms with Gasteiger partial charge in [-0.05, 0) is 30.7 Å². The first kappa shape index (κ1) is 15.1. The Morgan fingerprint density at radius 2 is 1.85 bits per heavy atom. The van der Waals surface area contributed by atoms with E-state index in [4.69, 9.17) is 10.5 Å². The van der Waals surface area contributed by atoms with Crippen LogP contribution >= 0.6 is 0 Å². The summed E-state index contributed by atoms with van der Waals surface area (Å²) >= 11 is 0. The number of ether oxygens (including phenoxy) is 1. The first-order valence-corrected chi connectivity index (χ1v) is 8.16. The lowest BCUT2D eigenvalue weighted by Crippen LogP contribution is -2.49. The van der Waals surface area contributed by atoms with Crippen LogP contribution in [0.25, 0.3) is 0 Å². The number of rotatable bonds is 5. The molecule has 1 aliphatic heterocycles. The first-order chi connectivity index (χ1) is 9.55. The standard InChI is InChI=1S/C13H21N3O3S/c1-2-7-16(13-5-3-12(14)4-6-13)20(17,18)15-8-10-19-11-9-15/h3-6H,2,7-11,14H2,1H3. The van der Waals surface area contributed by atoms with Gasteiger partial charge in [0.1, 0.15) is 0 Å². The number of morpholine rings is 1. The molecule has 0 aliphatic carbocycles. The Bertz CT molecular complexity index is 524. The van der Waals surface area contributed by atoms with Crippen molar-refractivity contribution < 1.29 is 13.2 Å². The third-order valence-electron chi connectivity index (χ3n) is 3.18. The molecule has 0 saturated carbocycles. The van der Waals surface area contributed by atoms with Crippen molar-refractivity contribution in [2.24, 2.45) is 0 Å². The van der Waals surface area contributed by atoms with Gasteiger partial charge in [0.2, 0.25) is 0 Å². The van der Waals surface area contributed by atoms with Crippen molar-refractivity contribution in [2.45, 2.75) is 13.3 Å². The summed E-state index contributed by atoms with van der Waals surface area (Å²) in [5.74, 6) is 0. The molecular formula is C13H21N3O3S. The highest BCUT2D eigenvalue weighted by Crippen LogP contribution is 2.22. The van der Waals surface area contributed by atoms with Crippen molar-refractivity contribution >= 4 is 21.6 Å². The molecule has 112 valence electrons. The van der Waals surface area contributed by atoms with Crippen LogP contribution in [0.3, 0.4) is 0 Å². The lowest BCUT2D eigenvalue weighted by Gasteiger charge is -2.33. The molecule has 2 N–H and O–H groups in total. The molecule has 7 heteroatoms. The summed E-state index contributed by atoms with van der Waals surface area (Å²) in [5, 5.41) is 0. The van der Waals surface area contributed by atoms with Gasteiger partial charge in [-0.25, -0.2) is 0 Å². The van der Waals surface area contributed by atoms with Crippen LogP contribution in [0.5, 0.6) is 0 Å². The molecule has 0 atom stereocenters. The molecule has 2 rings (SSSR count). The van der Waals surface area contributed by atoms with Gasteiger partial charge in [0.25, 0.3) is 0 Å². The highest BCUT2D eigenvalue weighted by atomic mass is 32.2. The SMILES string of the molecule is CCCN(c1ccc(N)cc1)S(=O)(=O)N1CCOCC1. The Labute approximate surface area is 120 Å². The fraction of sp³-hybridized carbons (Fsp3) is 0.538. The second kappa shape index (κ2) is 6.43. The minimum atomic E-state index is -3.51. The summed E-state index contributed by atoms with van der Waals surface area (Å²) in [6, 6.07) is 6.91. The highest BCUT2D eigenvalue weighted by molar-refractivity contribution is 7.90. The van der Waals surface area contributed by atoms with Gasteiger partial charge in [0.05, 0.1) is 18.9 Å². The van der Waals surface area contributed by atoms with Crippen LogP contribution in [-0.4, -0.2) is 45.6 Å². The Balaban J connectivity index is 2.28. The molecule has 1 fully saturated rings. The minimum absolute atomic E-state index is 0.400. The van der Waals surface area contributed by atoms with Gasteiger partial charge in [0, 0.05) is 25.3 Å². The average Bonchev–Trinajstić information content (AvgIpc) is 2.47. The maximum atomic E-state index is 12.7. The molecule has 1 aliphatic rings. The highest BCUT2D eigenvalue weighted by Gasteiger charge is 2.30. The summed E-state index contributed by atoms with van der Waals surface area (Å²) in [7, 11) is -3.51. The Morgan fingerprint density at radius 3 is 2.40 bits per heavy atom. The Kier molecular flexibility index (Phi) is 4.85. The van der Waals surface area contributed by atoms with Gasteiger partial charge in [0.15, 0.2) is 0 Å². The van der Waals surface area contributed by atoms with Crippen LogP contribution in [0.4, 0.5) is 11.4 Å². The second-order valence-electron chi connectivity index (χ2n) is 4.68. The molecule has 20 heavy (non-hydrogen) atoms. The molecule has 6 nitrogen and oxygen atoms in total. The molecule has 0 radical (unpaired) electrons. The van der Waals surface area contributed by atoms with E-state index in [0.717, 1.165) is 6.42 Å². The van der Waals surface area contributed by atoms with Crippen molar-refractivity contribution in [3.8, 4) is 0 Å². The van der Waals surface area contributed by atoms with E-state index in [-0.39, 0.29) is 0 Å². The fourth-order valence-electron chi connectivity index (χ4n) is 2.14. The molecule has 0 aromatic heterocycles. The molecule has 1 aromatic carbocycles. The maximum Gasteiger partial charge on any atom is 0.304 e. The van der Waals surface area contributed by atoms with Crippen molar-refractivity contribution in [2.75, 3.05) is 42.9 Å². The van der Waals surface area contributed by atoms with E-state index in [0.29, 0.717) is 44.2 Å². The van der Waals surface area contributed by atoms with Crippen molar-refractivity contribution in [1.29, 1.82) is 0 Å². The largest absolute Gasteiger partial charge is 0.399 e. The molecule has 1 heterocycles. The molecule has 0 unspecified atom stereocenters. The van der Waals surface area contributed by atoms with Crippen LogP contribution in [0.2, 0.25) is 0 Å². The van der Waals surface area contributed by atoms with Gasteiger partial charge >= 0.3 is 10.2 Å². The van der Waals surface area contributed by atoms with Crippen LogP contribution in [0.1, 0.15) is 13.3 Å². The molecule has 0 spiro atoms. The quantitative estimate of drug-likeness (QED) is 0.825.